The molecule has 0 spiro atoms. The van der Waals surface area contributed by atoms with Gasteiger partial charge in [-0.1, -0.05) is 16.8 Å². The summed E-state index contributed by atoms with van der Waals surface area (Å²) in [5, 5.41) is 4.09. The third-order valence-electron chi connectivity index (χ3n) is 2.01. The van der Waals surface area contributed by atoms with E-state index in [1.807, 2.05) is 0 Å². The highest BCUT2D eigenvalue weighted by molar-refractivity contribution is 6.31. The maximum atomic E-state index is 11.5. The number of rotatable bonds is 5. The number of ether oxygens (including phenoxy) is 2. The zero-order valence-corrected chi connectivity index (χ0v) is 11.8. The van der Waals surface area contributed by atoms with Gasteiger partial charge in [-0.25, -0.2) is 9.59 Å². The molecule has 0 aliphatic heterocycles. The molecule has 0 N–H and O–H groups in total. The first-order valence-corrected chi connectivity index (χ1v) is 6.30. The number of carbonyl (C=O) groups excluding carboxylic acids is 2. The molecule has 0 saturated heterocycles. The molecule has 0 saturated carbocycles. The molecule has 0 unspecified atom stereocenters. The smallest absolute Gasteiger partial charge is 0.422 e. The third-order valence-corrected chi connectivity index (χ3v) is 2.25. The molecule has 1 aromatic carbocycles. The van der Waals surface area contributed by atoms with Crippen LogP contribution >= 0.6 is 11.6 Å². The topological polar surface area (TPSA) is 74.2 Å². The molecule has 0 aromatic heterocycles. The lowest BCUT2D eigenvalue weighted by molar-refractivity contribution is -0.161. The van der Waals surface area contributed by atoms with Crippen molar-refractivity contribution >= 4 is 29.8 Å². The number of hydrogen-bond acceptors (Lipinski definition) is 6. The van der Waals surface area contributed by atoms with Gasteiger partial charge in [0.1, 0.15) is 12.4 Å². The lowest BCUT2D eigenvalue weighted by Crippen LogP contribution is -2.23. The number of oxime groups is 1. The highest BCUT2D eigenvalue weighted by atomic mass is 35.5. The van der Waals surface area contributed by atoms with E-state index in [2.05, 4.69) is 9.89 Å². The molecular weight excluding hydrogens is 286 g/mol. The van der Waals surface area contributed by atoms with Crippen molar-refractivity contribution in [3.05, 3.63) is 28.8 Å². The van der Waals surface area contributed by atoms with Gasteiger partial charge in [-0.3, -0.25) is 0 Å². The molecule has 0 heterocycles. The number of esters is 2. The van der Waals surface area contributed by atoms with Gasteiger partial charge in [-0.15, -0.1) is 0 Å². The molecule has 0 aliphatic rings. The Labute approximate surface area is 121 Å². The molecule has 7 heteroatoms. The highest BCUT2D eigenvalue weighted by Gasteiger charge is 2.19. The molecule has 0 atom stereocenters. The number of halogens is 1. The molecule has 0 aliphatic carbocycles. The van der Waals surface area contributed by atoms with Crippen LogP contribution in [-0.2, 0) is 19.2 Å². The van der Waals surface area contributed by atoms with Gasteiger partial charge in [0.05, 0.1) is 12.8 Å². The Morgan fingerprint density at radius 3 is 2.65 bits per heavy atom. The van der Waals surface area contributed by atoms with Gasteiger partial charge in [0, 0.05) is 10.6 Å². The predicted molar refractivity (Wildman–Crippen MR) is 72.9 cm³/mol. The van der Waals surface area contributed by atoms with Crippen molar-refractivity contribution in [2.75, 3.05) is 13.2 Å². The second-order valence-corrected chi connectivity index (χ2v) is 3.88. The summed E-state index contributed by atoms with van der Waals surface area (Å²) in [4.78, 5) is 27.5. The first-order chi connectivity index (χ1) is 9.58. The Kier molecular flexibility index (Phi) is 6.52. The van der Waals surface area contributed by atoms with Crippen LogP contribution in [0.2, 0.25) is 5.02 Å². The van der Waals surface area contributed by atoms with Gasteiger partial charge in [0.15, 0.2) is 0 Å². The van der Waals surface area contributed by atoms with Crippen LogP contribution in [0.3, 0.4) is 0 Å². The molecule has 0 bridgehead atoms. The molecule has 0 fully saturated rings. The summed E-state index contributed by atoms with van der Waals surface area (Å²) in [5.74, 6) is -2.04. The summed E-state index contributed by atoms with van der Waals surface area (Å²) in [5.41, 5.74) is 0.406. The quantitative estimate of drug-likeness (QED) is 0.274. The fraction of sp³-hybridized carbons (Fsp3) is 0.308. The largest absolute Gasteiger partial charge is 0.458 e. The normalized spacial score (nSPS) is 10.3. The summed E-state index contributed by atoms with van der Waals surface area (Å²) in [7, 11) is 0. The zero-order chi connectivity index (χ0) is 15.0. The first kappa shape index (κ1) is 16.0. The summed E-state index contributed by atoms with van der Waals surface area (Å²) >= 11 is 5.84. The SMILES string of the molecule is CCO/N=C/c1cc(Cl)ccc1OC(=O)C(=O)OCC. The van der Waals surface area contributed by atoms with Crippen molar-refractivity contribution in [3.8, 4) is 5.75 Å². The van der Waals surface area contributed by atoms with E-state index in [4.69, 9.17) is 21.2 Å². The van der Waals surface area contributed by atoms with Crippen LogP contribution in [0, 0.1) is 0 Å². The van der Waals surface area contributed by atoms with Crippen LogP contribution in [0.25, 0.3) is 0 Å². The molecule has 108 valence electrons. The molecule has 20 heavy (non-hydrogen) atoms. The van der Waals surface area contributed by atoms with E-state index in [1.54, 1.807) is 13.8 Å². The zero-order valence-electron chi connectivity index (χ0n) is 11.1. The average molecular weight is 300 g/mol. The van der Waals surface area contributed by atoms with Crippen molar-refractivity contribution in [1.29, 1.82) is 0 Å². The maximum absolute atomic E-state index is 11.5. The van der Waals surface area contributed by atoms with Crippen LogP contribution in [-0.4, -0.2) is 31.4 Å². The minimum absolute atomic E-state index is 0.0905. The minimum Gasteiger partial charge on any atom is -0.458 e. The van der Waals surface area contributed by atoms with Crippen molar-refractivity contribution in [3.63, 3.8) is 0 Å². The molecule has 0 radical (unpaired) electrons. The van der Waals surface area contributed by atoms with Crippen LogP contribution in [0.15, 0.2) is 23.4 Å². The number of hydrogen-bond donors (Lipinski definition) is 0. The summed E-state index contributed by atoms with van der Waals surface area (Å²) in [6.45, 7) is 3.85. The maximum Gasteiger partial charge on any atom is 0.422 e. The van der Waals surface area contributed by atoms with Gasteiger partial charge in [0.2, 0.25) is 0 Å². The van der Waals surface area contributed by atoms with Crippen molar-refractivity contribution in [2.24, 2.45) is 5.16 Å². The van der Waals surface area contributed by atoms with Gasteiger partial charge in [-0.2, -0.15) is 0 Å². The molecule has 1 rings (SSSR count). The van der Waals surface area contributed by atoms with Gasteiger partial charge < -0.3 is 14.3 Å². The van der Waals surface area contributed by atoms with Crippen LogP contribution in [0.4, 0.5) is 0 Å². The first-order valence-electron chi connectivity index (χ1n) is 5.92. The van der Waals surface area contributed by atoms with Crippen LogP contribution in [0.5, 0.6) is 5.75 Å². The molecule has 0 amide bonds. The van der Waals surface area contributed by atoms with Gasteiger partial charge in [0.25, 0.3) is 0 Å². The Morgan fingerprint density at radius 1 is 1.25 bits per heavy atom. The summed E-state index contributed by atoms with van der Waals surface area (Å²) in [6.07, 6.45) is 1.34. The van der Waals surface area contributed by atoms with E-state index in [0.29, 0.717) is 17.2 Å². The monoisotopic (exact) mass is 299 g/mol. The molecular formula is C13H14ClNO5. The highest BCUT2D eigenvalue weighted by Crippen LogP contribution is 2.21. The Balaban J connectivity index is 2.88. The van der Waals surface area contributed by atoms with E-state index in [-0.39, 0.29) is 12.4 Å². The second kappa shape index (κ2) is 8.16. The predicted octanol–water partition coefficient (Wildman–Crippen LogP) is 2.18. The summed E-state index contributed by atoms with van der Waals surface area (Å²) in [6, 6.07) is 4.50. The second-order valence-electron chi connectivity index (χ2n) is 3.44. The lowest BCUT2D eigenvalue weighted by Gasteiger charge is -2.07. The number of benzene rings is 1. The Hall–Kier alpha value is -2.08. The van der Waals surface area contributed by atoms with Gasteiger partial charge in [-0.05, 0) is 32.0 Å². The van der Waals surface area contributed by atoms with Crippen molar-refractivity contribution in [1.82, 2.24) is 0 Å². The molecule has 6 nitrogen and oxygen atoms in total. The van der Waals surface area contributed by atoms with Crippen LogP contribution < -0.4 is 4.74 Å². The van der Waals surface area contributed by atoms with E-state index in [0.717, 1.165) is 0 Å². The minimum atomic E-state index is -1.11. The number of nitrogens with zero attached hydrogens (tertiary/aromatic N) is 1. The third kappa shape index (κ3) is 4.89. The Bertz CT molecular complexity index is 515. The van der Waals surface area contributed by atoms with Gasteiger partial charge >= 0.3 is 11.9 Å². The van der Waals surface area contributed by atoms with E-state index < -0.39 is 11.9 Å². The fourth-order valence-electron chi connectivity index (χ4n) is 1.21. The standard InChI is InChI=1S/C13H14ClNO5/c1-3-18-12(16)13(17)20-11-6-5-10(14)7-9(11)8-15-19-4-2/h5-8H,3-4H2,1-2H3/b15-8+. The van der Waals surface area contributed by atoms with E-state index >= 15 is 0 Å². The number of carbonyl (C=O) groups is 2. The lowest BCUT2D eigenvalue weighted by atomic mass is 10.2. The van der Waals surface area contributed by atoms with Crippen molar-refractivity contribution in [2.45, 2.75) is 13.8 Å². The van der Waals surface area contributed by atoms with Crippen LogP contribution in [0.1, 0.15) is 19.4 Å². The summed E-state index contributed by atoms with van der Waals surface area (Å²) < 4.78 is 9.47. The molecule has 1 aromatic rings. The van der Waals surface area contributed by atoms with Crippen molar-refractivity contribution < 1.29 is 23.9 Å². The average Bonchev–Trinajstić information content (AvgIpc) is 2.42. The van der Waals surface area contributed by atoms with E-state index in [9.17, 15) is 9.59 Å². The fourth-order valence-corrected chi connectivity index (χ4v) is 1.39. The van der Waals surface area contributed by atoms with E-state index in [1.165, 1.54) is 24.4 Å². The Morgan fingerprint density at radius 2 is 2.00 bits per heavy atom.